The third-order valence-corrected chi connectivity index (χ3v) is 4.53. The van der Waals surface area contributed by atoms with E-state index in [4.69, 9.17) is 9.78 Å². The van der Waals surface area contributed by atoms with Gasteiger partial charge in [-0.2, -0.15) is 10.2 Å². The number of hydrogen-bond donors (Lipinski definition) is 1. The van der Waals surface area contributed by atoms with E-state index in [0.717, 1.165) is 11.1 Å². The lowest BCUT2D eigenvalue weighted by molar-refractivity contribution is -0.113. The molecule has 130 valence electrons. The third kappa shape index (κ3) is 4.49. The van der Waals surface area contributed by atoms with E-state index in [0.29, 0.717) is 28.7 Å². The van der Waals surface area contributed by atoms with Gasteiger partial charge < -0.3 is 9.84 Å². The first-order valence-corrected chi connectivity index (χ1v) is 9.07. The zero-order chi connectivity index (χ0) is 18.4. The molecule has 1 heterocycles. The number of carbonyl (C=O) groups excluding carboxylic acids is 1. The Morgan fingerprint density at radius 1 is 1.23 bits per heavy atom. The van der Waals surface area contributed by atoms with Gasteiger partial charge in [0.25, 0.3) is 0 Å². The Labute approximate surface area is 155 Å². The van der Waals surface area contributed by atoms with Crippen LogP contribution in [-0.2, 0) is 10.5 Å². The molecule has 3 rings (SSSR count). The average molecular weight is 364 g/mol. The summed E-state index contributed by atoms with van der Waals surface area (Å²) in [5, 5.41) is 15.5. The number of nitrogens with one attached hydrogen (secondary N) is 1. The Kier molecular flexibility index (Phi) is 5.66. The van der Waals surface area contributed by atoms with Gasteiger partial charge in [0.1, 0.15) is 0 Å². The molecule has 0 fully saturated rings. The number of rotatable bonds is 6. The molecule has 0 saturated heterocycles. The first-order chi connectivity index (χ1) is 12.7. The Morgan fingerprint density at radius 3 is 2.73 bits per heavy atom. The van der Waals surface area contributed by atoms with Crippen molar-refractivity contribution in [1.82, 2.24) is 10.1 Å². The Balaban J connectivity index is 1.50. The summed E-state index contributed by atoms with van der Waals surface area (Å²) in [5.41, 5.74) is 3.23. The van der Waals surface area contributed by atoms with Gasteiger partial charge in [-0.05, 0) is 36.8 Å². The molecule has 3 aromatic rings. The topological polar surface area (TPSA) is 91.8 Å². The molecular formula is C19H16N4O2S. The van der Waals surface area contributed by atoms with Crippen LogP contribution < -0.4 is 5.32 Å². The first-order valence-electron chi connectivity index (χ1n) is 7.92. The highest BCUT2D eigenvalue weighted by molar-refractivity contribution is 7.99. The van der Waals surface area contributed by atoms with E-state index in [1.165, 1.54) is 11.8 Å². The van der Waals surface area contributed by atoms with Crippen molar-refractivity contribution in [2.75, 3.05) is 11.1 Å². The summed E-state index contributed by atoms with van der Waals surface area (Å²) in [6.45, 7) is 1.99. The summed E-state index contributed by atoms with van der Waals surface area (Å²) in [6, 6.07) is 16.6. The highest BCUT2D eigenvalue weighted by atomic mass is 32.2. The van der Waals surface area contributed by atoms with Crippen molar-refractivity contribution >= 4 is 23.4 Å². The van der Waals surface area contributed by atoms with Gasteiger partial charge in [-0.3, -0.25) is 4.79 Å². The van der Waals surface area contributed by atoms with Crippen molar-refractivity contribution in [2.24, 2.45) is 0 Å². The van der Waals surface area contributed by atoms with Crippen molar-refractivity contribution in [1.29, 1.82) is 5.26 Å². The van der Waals surface area contributed by atoms with E-state index in [-0.39, 0.29) is 11.7 Å². The van der Waals surface area contributed by atoms with Crippen molar-refractivity contribution in [2.45, 2.75) is 12.7 Å². The lowest BCUT2D eigenvalue weighted by Gasteiger charge is -2.04. The fourth-order valence-electron chi connectivity index (χ4n) is 2.30. The van der Waals surface area contributed by atoms with Crippen LogP contribution in [0.15, 0.2) is 53.1 Å². The SMILES string of the molecule is Cc1ccccc1-c1noc(CSCC(=O)Nc2ccc(C#N)cc2)n1. The lowest BCUT2D eigenvalue weighted by Crippen LogP contribution is -2.14. The van der Waals surface area contributed by atoms with Crippen LogP contribution in [0.2, 0.25) is 0 Å². The second-order valence-electron chi connectivity index (χ2n) is 5.56. The monoisotopic (exact) mass is 364 g/mol. The van der Waals surface area contributed by atoms with E-state index in [1.54, 1.807) is 24.3 Å². The number of thioether (sulfide) groups is 1. The highest BCUT2D eigenvalue weighted by Gasteiger charge is 2.11. The van der Waals surface area contributed by atoms with Gasteiger partial charge in [0.05, 0.1) is 23.1 Å². The zero-order valence-electron chi connectivity index (χ0n) is 14.1. The first kappa shape index (κ1) is 17.7. The summed E-state index contributed by atoms with van der Waals surface area (Å²) < 4.78 is 5.26. The number of aryl methyl sites for hydroxylation is 1. The average Bonchev–Trinajstić information content (AvgIpc) is 3.11. The van der Waals surface area contributed by atoms with Gasteiger partial charge >= 0.3 is 0 Å². The van der Waals surface area contributed by atoms with Crippen LogP contribution in [0.1, 0.15) is 17.0 Å². The van der Waals surface area contributed by atoms with Gasteiger partial charge in [-0.15, -0.1) is 11.8 Å². The lowest BCUT2D eigenvalue weighted by atomic mass is 10.1. The van der Waals surface area contributed by atoms with Gasteiger partial charge in [0.2, 0.25) is 17.6 Å². The van der Waals surface area contributed by atoms with E-state index in [2.05, 4.69) is 15.5 Å². The normalized spacial score (nSPS) is 10.3. The largest absolute Gasteiger partial charge is 0.338 e. The molecule has 0 aliphatic carbocycles. The van der Waals surface area contributed by atoms with Crippen LogP contribution in [0.3, 0.4) is 0 Å². The van der Waals surface area contributed by atoms with E-state index < -0.39 is 0 Å². The zero-order valence-corrected chi connectivity index (χ0v) is 14.9. The van der Waals surface area contributed by atoms with Crippen LogP contribution in [0.5, 0.6) is 0 Å². The minimum Gasteiger partial charge on any atom is -0.338 e. The molecule has 0 aliphatic heterocycles. The minimum absolute atomic E-state index is 0.127. The minimum atomic E-state index is -0.127. The second-order valence-corrected chi connectivity index (χ2v) is 6.54. The van der Waals surface area contributed by atoms with Crippen molar-refractivity contribution in [3.05, 3.63) is 65.5 Å². The number of benzene rings is 2. The molecule has 6 nitrogen and oxygen atoms in total. The van der Waals surface area contributed by atoms with E-state index in [1.807, 2.05) is 37.3 Å². The molecule has 0 unspecified atom stereocenters. The van der Waals surface area contributed by atoms with Crippen LogP contribution in [0.25, 0.3) is 11.4 Å². The molecule has 0 bridgehead atoms. The number of nitriles is 1. The quantitative estimate of drug-likeness (QED) is 0.715. The van der Waals surface area contributed by atoms with Crippen molar-refractivity contribution in [3.8, 4) is 17.5 Å². The van der Waals surface area contributed by atoms with Gasteiger partial charge in [-0.1, -0.05) is 29.4 Å². The molecule has 1 aromatic heterocycles. The molecule has 1 amide bonds. The number of aromatic nitrogens is 2. The summed E-state index contributed by atoms with van der Waals surface area (Å²) >= 11 is 1.39. The van der Waals surface area contributed by atoms with Gasteiger partial charge in [-0.25, -0.2) is 0 Å². The molecule has 1 N–H and O–H groups in total. The van der Waals surface area contributed by atoms with E-state index in [9.17, 15) is 4.79 Å². The molecule has 0 radical (unpaired) electrons. The van der Waals surface area contributed by atoms with Gasteiger partial charge in [0.15, 0.2) is 0 Å². The van der Waals surface area contributed by atoms with Crippen LogP contribution in [0, 0.1) is 18.3 Å². The Hall–Kier alpha value is -3.11. The molecule has 0 saturated carbocycles. The summed E-state index contributed by atoms with van der Waals surface area (Å²) in [5.74, 6) is 1.64. The smallest absolute Gasteiger partial charge is 0.236 e. The maximum Gasteiger partial charge on any atom is 0.236 e. The summed E-state index contributed by atoms with van der Waals surface area (Å²) in [7, 11) is 0. The fourth-order valence-corrected chi connectivity index (χ4v) is 2.95. The van der Waals surface area contributed by atoms with Crippen molar-refractivity contribution < 1.29 is 9.32 Å². The fraction of sp³-hybridized carbons (Fsp3) is 0.158. The maximum atomic E-state index is 12.0. The molecule has 7 heteroatoms. The van der Waals surface area contributed by atoms with Crippen LogP contribution >= 0.6 is 11.8 Å². The molecular weight excluding hydrogens is 348 g/mol. The number of anilines is 1. The number of hydrogen-bond acceptors (Lipinski definition) is 6. The molecule has 2 aromatic carbocycles. The molecule has 0 spiro atoms. The summed E-state index contributed by atoms with van der Waals surface area (Å²) in [4.78, 5) is 16.3. The number of nitrogens with zero attached hydrogens (tertiary/aromatic N) is 3. The second kappa shape index (κ2) is 8.32. The van der Waals surface area contributed by atoms with Crippen LogP contribution in [-0.4, -0.2) is 21.8 Å². The Morgan fingerprint density at radius 2 is 2.00 bits per heavy atom. The Bertz CT molecular complexity index is 945. The molecule has 0 atom stereocenters. The summed E-state index contributed by atoms with van der Waals surface area (Å²) in [6.07, 6.45) is 0. The number of amides is 1. The van der Waals surface area contributed by atoms with Crippen LogP contribution in [0.4, 0.5) is 5.69 Å². The van der Waals surface area contributed by atoms with E-state index >= 15 is 0 Å². The predicted molar refractivity (Wildman–Crippen MR) is 100 cm³/mol. The maximum absolute atomic E-state index is 12.0. The molecule has 0 aliphatic rings. The van der Waals surface area contributed by atoms with Gasteiger partial charge in [0, 0.05) is 11.3 Å². The standard InChI is InChI=1S/C19H16N4O2S/c1-13-4-2-3-5-16(13)19-22-18(25-23-19)12-26-11-17(24)21-15-8-6-14(10-20)7-9-15/h2-9H,11-12H2,1H3,(H,21,24). The predicted octanol–water partition coefficient (Wildman–Crippen LogP) is 3.79. The number of carbonyl (C=O) groups is 1. The third-order valence-electron chi connectivity index (χ3n) is 3.61. The molecule has 26 heavy (non-hydrogen) atoms. The highest BCUT2D eigenvalue weighted by Crippen LogP contribution is 2.21. The van der Waals surface area contributed by atoms with Crippen molar-refractivity contribution in [3.63, 3.8) is 0 Å².